The summed E-state index contributed by atoms with van der Waals surface area (Å²) in [5.41, 5.74) is -0.0997. The Morgan fingerprint density at radius 1 is 1.24 bits per heavy atom. The van der Waals surface area contributed by atoms with Gasteiger partial charge in [0.1, 0.15) is 0 Å². The normalized spacial score (nSPS) is 16.6. The number of nitro benzene ring substituents is 1. The van der Waals surface area contributed by atoms with E-state index >= 15 is 0 Å². The van der Waals surface area contributed by atoms with Crippen LogP contribution in [0.25, 0.3) is 0 Å². The fourth-order valence-corrected chi connectivity index (χ4v) is 4.20. The van der Waals surface area contributed by atoms with Crippen molar-refractivity contribution < 1.29 is 32.4 Å². The Morgan fingerprint density at radius 2 is 1.97 bits per heavy atom. The second kappa shape index (κ2) is 10.4. The number of ether oxygens (including phenoxy) is 2. The molecule has 1 amide bonds. The van der Waals surface area contributed by atoms with Crippen LogP contribution in [0.3, 0.4) is 0 Å². The van der Waals surface area contributed by atoms with Crippen LogP contribution in [0.4, 0.5) is 11.4 Å². The molecule has 11 nitrogen and oxygen atoms in total. The van der Waals surface area contributed by atoms with E-state index < -0.39 is 32.9 Å². The number of anilines is 1. The second-order valence-electron chi connectivity index (χ2n) is 7.37. The fraction of sp³-hybridized carbons (Fsp3) is 0.333. The van der Waals surface area contributed by atoms with Gasteiger partial charge < -0.3 is 14.8 Å². The SMILES string of the molecule is C[C@H](OC(=O)c1ccc(NS(=O)(=O)c2cccc([N+](=O)[O-])c2)cc1)C(=O)NC[C@@H]1CCCO1. The van der Waals surface area contributed by atoms with Crippen molar-refractivity contribution in [3.8, 4) is 0 Å². The summed E-state index contributed by atoms with van der Waals surface area (Å²) in [4.78, 5) is 34.3. The molecule has 1 heterocycles. The fourth-order valence-electron chi connectivity index (χ4n) is 3.10. The lowest BCUT2D eigenvalue weighted by molar-refractivity contribution is -0.385. The van der Waals surface area contributed by atoms with E-state index in [1.54, 1.807) is 0 Å². The molecule has 0 unspecified atom stereocenters. The third-order valence-corrected chi connectivity index (χ3v) is 6.27. The maximum atomic E-state index is 12.5. The first kappa shape index (κ1) is 24.1. The van der Waals surface area contributed by atoms with Gasteiger partial charge in [0.25, 0.3) is 21.6 Å². The van der Waals surface area contributed by atoms with Crippen LogP contribution in [0, 0.1) is 10.1 Å². The Morgan fingerprint density at radius 3 is 2.61 bits per heavy atom. The van der Waals surface area contributed by atoms with Crippen molar-refractivity contribution in [2.24, 2.45) is 0 Å². The van der Waals surface area contributed by atoms with Crippen LogP contribution in [0.2, 0.25) is 0 Å². The molecule has 2 aromatic rings. The average molecular weight is 477 g/mol. The number of nitrogens with zero attached hydrogens (tertiary/aromatic N) is 1. The maximum absolute atomic E-state index is 12.5. The smallest absolute Gasteiger partial charge is 0.338 e. The van der Waals surface area contributed by atoms with Crippen LogP contribution in [0.1, 0.15) is 30.1 Å². The summed E-state index contributed by atoms with van der Waals surface area (Å²) in [5.74, 6) is -1.19. The topological polar surface area (TPSA) is 154 Å². The zero-order chi connectivity index (χ0) is 24.0. The first-order chi connectivity index (χ1) is 15.7. The minimum Gasteiger partial charge on any atom is -0.449 e. The van der Waals surface area contributed by atoms with Crippen molar-refractivity contribution in [3.63, 3.8) is 0 Å². The quantitative estimate of drug-likeness (QED) is 0.317. The van der Waals surface area contributed by atoms with Gasteiger partial charge in [-0.2, -0.15) is 0 Å². The maximum Gasteiger partial charge on any atom is 0.338 e. The van der Waals surface area contributed by atoms with Gasteiger partial charge in [0.15, 0.2) is 6.10 Å². The summed E-state index contributed by atoms with van der Waals surface area (Å²) in [6.45, 7) is 2.47. The van der Waals surface area contributed by atoms with Gasteiger partial charge in [-0.25, -0.2) is 13.2 Å². The Hall–Kier alpha value is -3.51. The third-order valence-electron chi connectivity index (χ3n) is 4.89. The molecule has 0 aliphatic carbocycles. The minimum atomic E-state index is -4.08. The summed E-state index contributed by atoms with van der Waals surface area (Å²) in [6.07, 6.45) is 0.759. The molecule has 1 fully saturated rings. The molecule has 12 heteroatoms. The van der Waals surface area contributed by atoms with Crippen molar-refractivity contribution in [1.82, 2.24) is 5.32 Å². The Kier molecular flexibility index (Phi) is 7.61. The highest BCUT2D eigenvalue weighted by atomic mass is 32.2. The molecule has 33 heavy (non-hydrogen) atoms. The van der Waals surface area contributed by atoms with E-state index in [9.17, 15) is 28.1 Å². The molecule has 176 valence electrons. The van der Waals surface area contributed by atoms with Gasteiger partial charge in [-0.3, -0.25) is 19.6 Å². The molecule has 0 aromatic heterocycles. The number of hydrogen-bond donors (Lipinski definition) is 2. The second-order valence-corrected chi connectivity index (χ2v) is 9.05. The first-order valence-electron chi connectivity index (χ1n) is 10.1. The van der Waals surface area contributed by atoms with Gasteiger partial charge in [0.05, 0.1) is 21.5 Å². The Bertz CT molecular complexity index is 1130. The number of hydrogen-bond acceptors (Lipinski definition) is 8. The summed E-state index contributed by atoms with van der Waals surface area (Å²) >= 11 is 0. The molecule has 1 aliphatic rings. The van der Waals surface area contributed by atoms with E-state index in [2.05, 4.69) is 10.0 Å². The molecule has 2 atom stereocenters. The zero-order valence-corrected chi connectivity index (χ0v) is 18.5. The third kappa shape index (κ3) is 6.49. The summed E-state index contributed by atoms with van der Waals surface area (Å²) < 4.78 is 37.9. The lowest BCUT2D eigenvalue weighted by atomic mass is 10.2. The number of nitro groups is 1. The van der Waals surface area contributed by atoms with E-state index in [-0.39, 0.29) is 27.9 Å². The zero-order valence-electron chi connectivity index (χ0n) is 17.7. The van der Waals surface area contributed by atoms with E-state index in [1.165, 1.54) is 49.4 Å². The Balaban J connectivity index is 1.57. The molecular formula is C21H23N3O8S. The number of carbonyl (C=O) groups is 2. The lowest BCUT2D eigenvalue weighted by Gasteiger charge is -2.16. The van der Waals surface area contributed by atoms with Gasteiger partial charge in [0.2, 0.25) is 0 Å². The predicted octanol–water partition coefficient (Wildman–Crippen LogP) is 2.24. The minimum absolute atomic E-state index is 0.0322. The molecule has 0 bridgehead atoms. The van der Waals surface area contributed by atoms with Crippen LogP contribution in [0.5, 0.6) is 0 Å². The van der Waals surface area contributed by atoms with E-state index in [0.717, 1.165) is 18.9 Å². The van der Waals surface area contributed by atoms with Gasteiger partial charge in [-0.1, -0.05) is 6.07 Å². The van der Waals surface area contributed by atoms with E-state index in [0.29, 0.717) is 13.2 Å². The molecule has 0 radical (unpaired) electrons. The molecule has 1 aliphatic heterocycles. The summed E-state index contributed by atoms with van der Waals surface area (Å²) in [7, 11) is -4.08. The van der Waals surface area contributed by atoms with Crippen LogP contribution in [-0.2, 0) is 24.3 Å². The first-order valence-corrected chi connectivity index (χ1v) is 11.6. The van der Waals surface area contributed by atoms with E-state index in [4.69, 9.17) is 9.47 Å². The highest BCUT2D eigenvalue weighted by molar-refractivity contribution is 7.92. The van der Waals surface area contributed by atoms with E-state index in [1.807, 2.05) is 0 Å². The molecule has 2 N–H and O–H groups in total. The van der Waals surface area contributed by atoms with Crippen LogP contribution in [0.15, 0.2) is 53.4 Å². The highest BCUT2D eigenvalue weighted by Crippen LogP contribution is 2.21. The van der Waals surface area contributed by atoms with Gasteiger partial charge in [0, 0.05) is 31.0 Å². The van der Waals surface area contributed by atoms with Crippen molar-refractivity contribution in [3.05, 3.63) is 64.2 Å². The molecule has 0 spiro atoms. The van der Waals surface area contributed by atoms with Crippen LogP contribution < -0.4 is 10.0 Å². The van der Waals surface area contributed by atoms with Crippen molar-refractivity contribution in [1.29, 1.82) is 0 Å². The van der Waals surface area contributed by atoms with Crippen molar-refractivity contribution in [2.45, 2.75) is 36.9 Å². The van der Waals surface area contributed by atoms with Crippen LogP contribution in [-0.4, -0.2) is 50.6 Å². The standard InChI is InChI=1S/C21H23N3O8S/c1-14(20(25)22-13-18-5-3-11-31-18)32-21(26)15-7-9-16(10-8-15)23-33(29,30)19-6-2-4-17(12-19)24(27)28/h2,4,6-10,12,14,18,23H,3,5,11,13H2,1H3,(H,22,25)/t14-,18-/m0/s1. The average Bonchev–Trinajstić information content (AvgIpc) is 3.31. The van der Waals surface area contributed by atoms with Crippen molar-refractivity contribution >= 4 is 33.3 Å². The molecule has 2 aromatic carbocycles. The number of carbonyl (C=O) groups excluding carboxylic acids is 2. The predicted molar refractivity (Wildman–Crippen MR) is 117 cm³/mol. The monoisotopic (exact) mass is 477 g/mol. The number of rotatable bonds is 9. The summed E-state index contributed by atoms with van der Waals surface area (Å²) in [5, 5.41) is 13.6. The Labute approximate surface area is 190 Å². The highest BCUT2D eigenvalue weighted by Gasteiger charge is 2.22. The molecular weight excluding hydrogens is 454 g/mol. The number of benzene rings is 2. The lowest BCUT2D eigenvalue weighted by Crippen LogP contribution is -2.39. The van der Waals surface area contributed by atoms with Gasteiger partial charge in [-0.05, 0) is 50.1 Å². The number of amides is 1. The number of sulfonamides is 1. The summed E-state index contributed by atoms with van der Waals surface area (Å²) in [6, 6.07) is 9.98. The number of nitrogens with one attached hydrogen (secondary N) is 2. The number of non-ortho nitro benzene ring substituents is 1. The van der Waals surface area contributed by atoms with Gasteiger partial charge in [-0.15, -0.1) is 0 Å². The molecule has 1 saturated heterocycles. The van der Waals surface area contributed by atoms with Gasteiger partial charge >= 0.3 is 5.97 Å². The molecule has 0 saturated carbocycles. The number of esters is 1. The van der Waals surface area contributed by atoms with Crippen LogP contribution >= 0.6 is 0 Å². The van der Waals surface area contributed by atoms with Crippen molar-refractivity contribution in [2.75, 3.05) is 17.9 Å². The molecule has 3 rings (SSSR count). The largest absolute Gasteiger partial charge is 0.449 e.